The van der Waals surface area contributed by atoms with Crippen LogP contribution in [0.25, 0.3) is 0 Å². The van der Waals surface area contributed by atoms with E-state index >= 15 is 0 Å². The van der Waals surface area contributed by atoms with Gasteiger partial charge in [-0.2, -0.15) is 0 Å². The molecule has 0 radical (unpaired) electrons. The number of hydrogen-bond acceptors (Lipinski definition) is 1. The molecule has 0 saturated heterocycles. The fraction of sp³-hybridized carbons (Fsp3) is 0.400. The molecule has 1 aromatic heterocycles. The molecule has 0 aromatic carbocycles. The zero-order valence-electron chi connectivity index (χ0n) is 4.22. The van der Waals surface area contributed by atoms with Gasteiger partial charge in [0.1, 0.15) is 0 Å². The van der Waals surface area contributed by atoms with Crippen molar-refractivity contribution in [1.82, 2.24) is 4.98 Å². The Labute approximate surface area is 49.1 Å². The summed E-state index contributed by atoms with van der Waals surface area (Å²) in [4.78, 5) is 6.26. The van der Waals surface area contributed by atoms with E-state index in [0.29, 0.717) is 14.5 Å². The molecule has 7 heavy (non-hydrogen) atoms. The van der Waals surface area contributed by atoms with Gasteiger partial charge in [-0.05, 0) is 0 Å². The maximum absolute atomic E-state index is 4.12. The van der Waals surface area contributed by atoms with Gasteiger partial charge in [0.2, 0.25) is 0 Å². The number of aryl methyl sites for hydroxylation is 1. The molecule has 0 amide bonds. The Kier molecular flexibility index (Phi) is 1.66. The molecule has 0 aliphatic carbocycles. The van der Waals surface area contributed by atoms with Crippen LogP contribution >= 0.6 is 0 Å². The van der Waals surface area contributed by atoms with E-state index in [1.807, 2.05) is 6.20 Å². The third-order valence-corrected chi connectivity index (χ3v) is 2.72. The predicted octanol–water partition coefficient (Wildman–Crippen LogP) is 0.701. The van der Waals surface area contributed by atoms with E-state index in [-0.39, 0.29) is 0 Å². The summed E-state index contributed by atoms with van der Waals surface area (Å²) >= 11 is 0.606. The molecule has 0 spiro atoms. The normalized spacial score (nSPS) is 9.29. The Morgan fingerprint density at radius 1 is 1.86 bits per heavy atom. The van der Waals surface area contributed by atoms with Gasteiger partial charge < -0.3 is 0 Å². The van der Waals surface area contributed by atoms with Crippen LogP contribution in [0.1, 0.15) is 11.5 Å². The van der Waals surface area contributed by atoms with Gasteiger partial charge in [0.15, 0.2) is 0 Å². The second-order valence-electron chi connectivity index (χ2n) is 1.28. The average molecular weight is 160 g/mol. The molecular weight excluding hydrogens is 153 g/mol. The van der Waals surface area contributed by atoms with Crippen LogP contribution in [0.3, 0.4) is 0 Å². The van der Waals surface area contributed by atoms with E-state index in [1.165, 1.54) is 4.57 Å². The molecule has 0 aliphatic rings. The van der Waals surface area contributed by atoms with Crippen LogP contribution in [-0.4, -0.2) is 19.5 Å². The second-order valence-corrected chi connectivity index (χ2v) is 3.33. The van der Waals surface area contributed by atoms with Crippen molar-refractivity contribution < 1.29 is 0 Å². The van der Waals surface area contributed by atoms with Crippen LogP contribution in [0.5, 0.6) is 0 Å². The fourth-order valence-electron chi connectivity index (χ4n) is 0.428. The van der Waals surface area contributed by atoms with Gasteiger partial charge in [0.25, 0.3) is 0 Å². The van der Waals surface area contributed by atoms with E-state index in [9.17, 15) is 0 Å². The summed E-state index contributed by atoms with van der Waals surface area (Å²) in [6.45, 7) is 2.15. The Morgan fingerprint density at radius 3 is 3.00 bits per heavy atom. The summed E-state index contributed by atoms with van der Waals surface area (Å²) in [5.41, 5.74) is 0. The SMILES string of the molecule is CCc1ncc[se]1. The number of nitrogens with zero attached hydrogens (tertiary/aromatic N) is 1. The van der Waals surface area contributed by atoms with E-state index < -0.39 is 0 Å². The molecule has 0 fully saturated rings. The van der Waals surface area contributed by atoms with Crippen LogP contribution in [0.2, 0.25) is 0 Å². The third-order valence-electron chi connectivity index (χ3n) is 0.786. The predicted molar refractivity (Wildman–Crippen MR) is 30.6 cm³/mol. The van der Waals surface area contributed by atoms with Crippen molar-refractivity contribution in [2.24, 2.45) is 0 Å². The Hall–Kier alpha value is -0.0705. The van der Waals surface area contributed by atoms with Crippen molar-refractivity contribution >= 4 is 14.5 Å². The number of hydrogen-bond donors (Lipinski definition) is 0. The van der Waals surface area contributed by atoms with Crippen molar-refractivity contribution in [3.8, 4) is 0 Å². The van der Waals surface area contributed by atoms with E-state index in [1.54, 1.807) is 0 Å². The molecule has 0 aliphatic heterocycles. The summed E-state index contributed by atoms with van der Waals surface area (Å²) in [6.07, 6.45) is 3.03. The van der Waals surface area contributed by atoms with Crippen LogP contribution in [0.15, 0.2) is 11.1 Å². The molecule has 0 atom stereocenters. The van der Waals surface area contributed by atoms with E-state index in [0.717, 1.165) is 6.42 Å². The standard InChI is InChI=1S/C5H7NSe/c1-2-5-6-3-4-7-5/h3-4H,2H2,1H3. The molecule has 0 saturated carbocycles. The molecule has 0 bridgehead atoms. The first kappa shape index (κ1) is 5.07. The molecule has 0 unspecified atom stereocenters. The van der Waals surface area contributed by atoms with E-state index in [2.05, 4.69) is 16.8 Å². The van der Waals surface area contributed by atoms with Crippen molar-refractivity contribution in [1.29, 1.82) is 0 Å². The van der Waals surface area contributed by atoms with Gasteiger partial charge in [-0.1, -0.05) is 0 Å². The summed E-state index contributed by atoms with van der Waals surface area (Å²) in [5, 5.41) is 0. The molecule has 1 nitrogen and oxygen atoms in total. The first-order chi connectivity index (χ1) is 3.43. The Morgan fingerprint density at radius 2 is 2.71 bits per heavy atom. The van der Waals surface area contributed by atoms with Gasteiger partial charge in [0.05, 0.1) is 0 Å². The Balaban J connectivity index is 2.76. The molecule has 2 heteroatoms. The Bertz CT molecular complexity index is 123. The first-order valence-electron chi connectivity index (χ1n) is 2.32. The third kappa shape index (κ3) is 1.15. The number of rotatable bonds is 1. The van der Waals surface area contributed by atoms with E-state index in [4.69, 9.17) is 0 Å². The summed E-state index contributed by atoms with van der Waals surface area (Å²) in [5.74, 6) is 0. The van der Waals surface area contributed by atoms with Crippen molar-refractivity contribution in [3.05, 3.63) is 15.7 Å². The fourth-order valence-corrected chi connectivity index (χ4v) is 1.62. The molecule has 1 aromatic rings. The van der Waals surface area contributed by atoms with Gasteiger partial charge in [-0.15, -0.1) is 0 Å². The van der Waals surface area contributed by atoms with Gasteiger partial charge in [-0.25, -0.2) is 0 Å². The molecule has 1 rings (SSSR count). The monoisotopic (exact) mass is 161 g/mol. The van der Waals surface area contributed by atoms with Crippen molar-refractivity contribution in [3.63, 3.8) is 0 Å². The zero-order valence-corrected chi connectivity index (χ0v) is 5.93. The topological polar surface area (TPSA) is 12.9 Å². The number of aromatic nitrogens is 1. The van der Waals surface area contributed by atoms with Crippen LogP contribution in [0.4, 0.5) is 0 Å². The quantitative estimate of drug-likeness (QED) is 0.551. The van der Waals surface area contributed by atoms with Crippen LogP contribution < -0.4 is 0 Å². The van der Waals surface area contributed by atoms with Crippen LogP contribution in [-0.2, 0) is 6.42 Å². The minimum atomic E-state index is 0.606. The molecule has 38 valence electrons. The molecule has 1 heterocycles. The van der Waals surface area contributed by atoms with Gasteiger partial charge in [-0.3, -0.25) is 0 Å². The summed E-state index contributed by atoms with van der Waals surface area (Å²) in [6, 6.07) is 0. The van der Waals surface area contributed by atoms with Gasteiger partial charge in [0, 0.05) is 0 Å². The summed E-state index contributed by atoms with van der Waals surface area (Å²) < 4.78 is 1.37. The molecular formula is C5H7NSe. The summed E-state index contributed by atoms with van der Waals surface area (Å²) in [7, 11) is 0. The first-order valence-corrected chi connectivity index (χ1v) is 4.16. The second kappa shape index (κ2) is 2.29. The minimum absolute atomic E-state index is 0.606. The average Bonchev–Trinajstić information content (AvgIpc) is 2.14. The van der Waals surface area contributed by atoms with Crippen molar-refractivity contribution in [2.75, 3.05) is 0 Å². The zero-order chi connectivity index (χ0) is 5.11. The van der Waals surface area contributed by atoms with Crippen molar-refractivity contribution in [2.45, 2.75) is 13.3 Å². The van der Waals surface area contributed by atoms with Gasteiger partial charge >= 0.3 is 48.5 Å². The maximum atomic E-state index is 4.12. The molecule has 0 N–H and O–H groups in total. The van der Waals surface area contributed by atoms with Crippen LogP contribution in [0, 0.1) is 0 Å².